The third kappa shape index (κ3) is 5.51. The summed E-state index contributed by atoms with van der Waals surface area (Å²) >= 11 is 0. The van der Waals surface area contributed by atoms with E-state index in [0.717, 1.165) is 0 Å². The van der Waals surface area contributed by atoms with Gasteiger partial charge in [0.15, 0.2) is 5.82 Å². The van der Waals surface area contributed by atoms with E-state index in [-0.39, 0.29) is 11.8 Å². The molecule has 0 aliphatic rings. The van der Waals surface area contributed by atoms with Gasteiger partial charge in [-0.05, 0) is 35.9 Å². The van der Waals surface area contributed by atoms with Crippen LogP contribution in [0.25, 0.3) is 17.2 Å². The molecule has 4 rings (SSSR count). The lowest BCUT2D eigenvalue weighted by atomic mass is 10.1. The van der Waals surface area contributed by atoms with Crippen LogP contribution in [0, 0.1) is 11.3 Å². The number of aliphatic hydroxyl groups excluding tert-OH is 1. The summed E-state index contributed by atoms with van der Waals surface area (Å²) in [5, 5.41) is 27.8. The second kappa shape index (κ2) is 11.2. The first-order chi connectivity index (χ1) is 18.3. The average molecular weight is 537 g/mol. The SMILES string of the molecule is COc1cccc(-c2nnc(NS(=O)(=O)C[C@H](O)c3ccc(C#N)cc3)n2-c2c(OC)cccc2OC)n1. The Labute approximate surface area is 219 Å². The Morgan fingerprint density at radius 2 is 1.63 bits per heavy atom. The van der Waals surface area contributed by atoms with Gasteiger partial charge in [0.2, 0.25) is 21.9 Å². The van der Waals surface area contributed by atoms with Gasteiger partial charge >= 0.3 is 0 Å². The number of hydrogen-bond donors (Lipinski definition) is 2. The average Bonchev–Trinajstić information content (AvgIpc) is 3.34. The highest BCUT2D eigenvalue weighted by Crippen LogP contribution is 2.37. The molecule has 1 atom stereocenters. The van der Waals surface area contributed by atoms with Gasteiger partial charge in [-0.2, -0.15) is 5.26 Å². The number of nitrogens with zero attached hydrogens (tertiary/aromatic N) is 5. The molecular formula is C25H24N6O6S. The second-order valence-electron chi connectivity index (χ2n) is 7.89. The van der Waals surface area contributed by atoms with Crippen LogP contribution in [0.5, 0.6) is 17.4 Å². The number of hydrogen-bond acceptors (Lipinski definition) is 10. The fourth-order valence-corrected chi connectivity index (χ4v) is 4.80. The number of methoxy groups -OCH3 is 3. The number of benzene rings is 2. The van der Waals surface area contributed by atoms with E-state index in [0.29, 0.717) is 39.9 Å². The van der Waals surface area contributed by atoms with Crippen molar-refractivity contribution in [2.75, 3.05) is 31.8 Å². The lowest BCUT2D eigenvalue weighted by molar-refractivity contribution is 0.202. The molecule has 38 heavy (non-hydrogen) atoms. The van der Waals surface area contributed by atoms with E-state index >= 15 is 0 Å². The largest absolute Gasteiger partial charge is 0.494 e. The van der Waals surface area contributed by atoms with E-state index in [1.807, 2.05) is 6.07 Å². The van der Waals surface area contributed by atoms with Gasteiger partial charge in [0, 0.05) is 6.07 Å². The van der Waals surface area contributed by atoms with Crippen molar-refractivity contribution in [3.05, 3.63) is 71.8 Å². The third-order valence-corrected chi connectivity index (χ3v) is 6.75. The third-order valence-electron chi connectivity index (χ3n) is 5.50. The first-order valence-electron chi connectivity index (χ1n) is 11.2. The highest BCUT2D eigenvalue weighted by molar-refractivity contribution is 7.92. The van der Waals surface area contributed by atoms with Crippen LogP contribution in [-0.4, -0.2) is 60.4 Å². The van der Waals surface area contributed by atoms with Crippen LogP contribution in [0.4, 0.5) is 5.95 Å². The quantitative estimate of drug-likeness (QED) is 0.308. The number of nitrogens with one attached hydrogen (secondary N) is 1. The molecule has 0 amide bonds. The standard InChI is InChI=1S/C25H24N6O6S/c1-35-20-7-5-8-21(36-2)23(20)31-24(18-6-4-9-22(27-18)37-3)28-29-25(31)30-38(33,34)15-19(32)17-12-10-16(14-26)11-13-17/h4-13,19,32H,15H2,1-3H3,(H,29,30)/t19-/m0/s1. The second-order valence-corrected chi connectivity index (χ2v) is 9.66. The zero-order valence-electron chi connectivity index (χ0n) is 20.7. The van der Waals surface area contributed by atoms with E-state index in [4.69, 9.17) is 19.5 Å². The summed E-state index contributed by atoms with van der Waals surface area (Å²) in [5.74, 6) is 0.340. The Kier molecular flexibility index (Phi) is 7.75. The lowest BCUT2D eigenvalue weighted by Crippen LogP contribution is -2.23. The monoisotopic (exact) mass is 536 g/mol. The molecule has 0 saturated heterocycles. The number of aromatic nitrogens is 4. The molecule has 0 aliphatic heterocycles. The van der Waals surface area contributed by atoms with Crippen molar-refractivity contribution in [2.24, 2.45) is 0 Å². The molecule has 0 fully saturated rings. The maximum Gasteiger partial charge on any atom is 0.243 e. The number of rotatable bonds is 10. The number of anilines is 1. The van der Waals surface area contributed by atoms with E-state index < -0.39 is 21.9 Å². The number of pyridine rings is 1. The molecule has 4 aromatic rings. The molecule has 0 saturated carbocycles. The zero-order valence-corrected chi connectivity index (χ0v) is 21.5. The summed E-state index contributed by atoms with van der Waals surface area (Å²) in [6.07, 6.45) is -1.36. The van der Waals surface area contributed by atoms with Gasteiger partial charge in [0.25, 0.3) is 0 Å². The minimum Gasteiger partial charge on any atom is -0.494 e. The molecule has 0 unspecified atom stereocenters. The molecule has 2 aromatic carbocycles. The van der Waals surface area contributed by atoms with Gasteiger partial charge in [-0.3, -0.25) is 9.29 Å². The lowest BCUT2D eigenvalue weighted by Gasteiger charge is -2.18. The molecule has 2 N–H and O–H groups in total. The highest BCUT2D eigenvalue weighted by atomic mass is 32.2. The van der Waals surface area contributed by atoms with Gasteiger partial charge in [-0.25, -0.2) is 13.4 Å². The first kappa shape index (κ1) is 26.4. The number of sulfonamides is 1. The van der Waals surface area contributed by atoms with E-state index in [1.54, 1.807) is 36.4 Å². The summed E-state index contributed by atoms with van der Waals surface area (Å²) < 4.78 is 46.4. The number of nitriles is 1. The molecule has 0 spiro atoms. The van der Waals surface area contributed by atoms with Gasteiger partial charge < -0.3 is 19.3 Å². The topological polar surface area (TPSA) is 161 Å². The fourth-order valence-electron chi connectivity index (χ4n) is 3.70. The molecule has 196 valence electrons. The van der Waals surface area contributed by atoms with Crippen LogP contribution >= 0.6 is 0 Å². The number of ether oxygens (including phenoxy) is 3. The van der Waals surface area contributed by atoms with Crippen LogP contribution in [0.2, 0.25) is 0 Å². The first-order valence-corrected chi connectivity index (χ1v) is 12.8. The van der Waals surface area contributed by atoms with Crippen molar-refractivity contribution in [2.45, 2.75) is 6.10 Å². The highest BCUT2D eigenvalue weighted by Gasteiger charge is 2.27. The summed E-state index contributed by atoms with van der Waals surface area (Å²) in [6, 6.07) is 18.0. The van der Waals surface area contributed by atoms with Crippen molar-refractivity contribution < 1.29 is 27.7 Å². The Bertz CT molecular complexity index is 1560. The summed E-state index contributed by atoms with van der Waals surface area (Å²) in [7, 11) is 0.231. The van der Waals surface area contributed by atoms with E-state index in [1.165, 1.54) is 50.2 Å². The molecule has 2 heterocycles. The van der Waals surface area contributed by atoms with Crippen molar-refractivity contribution in [1.82, 2.24) is 19.7 Å². The molecule has 12 nitrogen and oxygen atoms in total. The van der Waals surface area contributed by atoms with E-state index in [2.05, 4.69) is 19.9 Å². The van der Waals surface area contributed by atoms with Crippen LogP contribution < -0.4 is 18.9 Å². The van der Waals surface area contributed by atoms with Crippen molar-refractivity contribution in [3.8, 4) is 40.7 Å². The molecule has 0 aliphatic carbocycles. The summed E-state index contributed by atoms with van der Waals surface area (Å²) in [5.41, 5.74) is 1.39. The molecule has 0 radical (unpaired) electrons. The van der Waals surface area contributed by atoms with Crippen LogP contribution in [-0.2, 0) is 10.0 Å². The minimum atomic E-state index is -4.16. The van der Waals surface area contributed by atoms with Crippen molar-refractivity contribution in [3.63, 3.8) is 0 Å². The van der Waals surface area contributed by atoms with Crippen molar-refractivity contribution >= 4 is 16.0 Å². The van der Waals surface area contributed by atoms with Crippen LogP contribution in [0.3, 0.4) is 0 Å². The Morgan fingerprint density at radius 1 is 0.974 bits per heavy atom. The van der Waals surface area contributed by atoms with Crippen LogP contribution in [0.15, 0.2) is 60.7 Å². The Morgan fingerprint density at radius 3 is 2.24 bits per heavy atom. The Hall–Kier alpha value is -4.67. The van der Waals surface area contributed by atoms with Crippen molar-refractivity contribution in [1.29, 1.82) is 5.26 Å². The zero-order chi connectivity index (χ0) is 27.3. The van der Waals surface area contributed by atoms with Gasteiger partial charge in [0.05, 0.1) is 44.8 Å². The maximum atomic E-state index is 13.1. The smallest absolute Gasteiger partial charge is 0.243 e. The van der Waals surface area contributed by atoms with Crippen LogP contribution in [0.1, 0.15) is 17.2 Å². The van der Waals surface area contributed by atoms with Gasteiger partial charge in [-0.15, -0.1) is 10.2 Å². The van der Waals surface area contributed by atoms with E-state index in [9.17, 15) is 13.5 Å². The minimum absolute atomic E-state index is 0.178. The molecule has 13 heteroatoms. The van der Waals surface area contributed by atoms with Gasteiger partial charge in [0.1, 0.15) is 22.9 Å². The summed E-state index contributed by atoms with van der Waals surface area (Å²) in [6.45, 7) is 0. The number of aliphatic hydroxyl groups is 1. The normalized spacial score (nSPS) is 11.9. The summed E-state index contributed by atoms with van der Waals surface area (Å²) in [4.78, 5) is 4.40. The molecular weight excluding hydrogens is 512 g/mol. The molecule has 2 aromatic heterocycles. The predicted octanol–water partition coefficient (Wildman–Crippen LogP) is 2.70. The van der Waals surface area contributed by atoms with Gasteiger partial charge in [-0.1, -0.05) is 24.3 Å². The number of para-hydroxylation sites is 1. The Balaban J connectivity index is 1.79. The fraction of sp³-hybridized carbons (Fsp3) is 0.200. The molecule has 0 bridgehead atoms. The predicted molar refractivity (Wildman–Crippen MR) is 138 cm³/mol. The maximum absolute atomic E-state index is 13.1.